The van der Waals surface area contributed by atoms with Crippen LogP contribution in [0.25, 0.3) is 44.3 Å². The lowest BCUT2D eigenvalue weighted by Gasteiger charge is -2.30. The number of aromatic amines is 2. The highest BCUT2D eigenvalue weighted by Gasteiger charge is 2.37. The number of carbonyl (C=O) groups excluding carboxylic acids is 4. The molecule has 2 fully saturated rings. The first-order valence-corrected chi connectivity index (χ1v) is 17.0. The largest absolute Gasteiger partial charge is 0.354 e. The van der Waals surface area contributed by atoms with Crippen LogP contribution in [0.3, 0.4) is 0 Å². The van der Waals surface area contributed by atoms with Crippen molar-refractivity contribution in [1.82, 2.24) is 31.2 Å². The van der Waals surface area contributed by atoms with E-state index < -0.39 is 24.2 Å². The van der Waals surface area contributed by atoms with Gasteiger partial charge in [-0.2, -0.15) is 0 Å². The highest BCUT2D eigenvalue weighted by Crippen LogP contribution is 2.34. The normalized spacial score (nSPS) is 22.1. The third-order valence-corrected chi connectivity index (χ3v) is 10.3. The van der Waals surface area contributed by atoms with Crippen molar-refractivity contribution >= 4 is 45.4 Å². The molecule has 248 valence electrons. The summed E-state index contributed by atoms with van der Waals surface area (Å²) in [6, 6.07) is 28.5. The van der Waals surface area contributed by atoms with Gasteiger partial charge in [0.25, 0.3) is 0 Å². The van der Waals surface area contributed by atoms with Crippen molar-refractivity contribution in [3.63, 3.8) is 0 Å². The molecule has 2 aromatic heterocycles. The zero-order valence-electron chi connectivity index (χ0n) is 27.0. The molecule has 0 aliphatic carbocycles. The minimum atomic E-state index is -0.757. The minimum absolute atomic E-state index is 0.227. The van der Waals surface area contributed by atoms with Crippen LogP contribution in [0.1, 0.15) is 22.3 Å². The summed E-state index contributed by atoms with van der Waals surface area (Å²) < 4.78 is 0. The van der Waals surface area contributed by atoms with Crippen molar-refractivity contribution < 1.29 is 19.2 Å². The summed E-state index contributed by atoms with van der Waals surface area (Å²) in [5.41, 5.74) is 8.82. The Morgan fingerprint density at radius 1 is 0.420 bits per heavy atom. The van der Waals surface area contributed by atoms with E-state index in [2.05, 4.69) is 31.2 Å². The monoisotopic (exact) mass is 662 g/mol. The van der Waals surface area contributed by atoms with Gasteiger partial charge in [0.1, 0.15) is 24.2 Å². The first-order chi connectivity index (χ1) is 24.4. The first-order valence-electron chi connectivity index (χ1n) is 17.0. The van der Waals surface area contributed by atoms with E-state index in [1.165, 1.54) is 0 Å². The molecular formula is C40H34N6O4. The van der Waals surface area contributed by atoms with Crippen LogP contribution in [-0.4, -0.2) is 57.8 Å². The second-order valence-corrected chi connectivity index (χ2v) is 13.5. The Morgan fingerprint density at radius 3 is 1.22 bits per heavy atom. The molecule has 0 spiro atoms. The summed E-state index contributed by atoms with van der Waals surface area (Å²) in [4.78, 5) is 61.4. The van der Waals surface area contributed by atoms with Crippen molar-refractivity contribution in [2.75, 3.05) is 0 Å². The van der Waals surface area contributed by atoms with Gasteiger partial charge in [-0.25, -0.2) is 0 Å². The van der Waals surface area contributed by atoms with Crippen molar-refractivity contribution in [2.24, 2.45) is 0 Å². The summed E-state index contributed by atoms with van der Waals surface area (Å²) in [5, 5.41) is 14.0. The Hall–Kier alpha value is -6.16. The fraction of sp³-hybridized carbons (Fsp3) is 0.200. The maximum atomic E-state index is 13.6. The summed E-state index contributed by atoms with van der Waals surface area (Å²) in [7, 11) is 0. The summed E-state index contributed by atoms with van der Waals surface area (Å²) in [5.74, 6) is -0.911. The number of hydrogen-bond acceptors (Lipinski definition) is 4. The average molecular weight is 663 g/mol. The summed E-state index contributed by atoms with van der Waals surface area (Å²) in [6.07, 6.45) is 1.19. The molecule has 50 heavy (non-hydrogen) atoms. The maximum Gasteiger partial charge on any atom is 0.243 e. The van der Waals surface area contributed by atoms with Gasteiger partial charge in [0, 0.05) is 58.9 Å². The van der Waals surface area contributed by atoms with Crippen LogP contribution in [0.4, 0.5) is 0 Å². The number of carbonyl (C=O) groups is 4. The van der Waals surface area contributed by atoms with Gasteiger partial charge in [-0.1, -0.05) is 72.8 Å². The smallest absolute Gasteiger partial charge is 0.243 e. The molecular weight excluding hydrogens is 628 g/mol. The van der Waals surface area contributed by atoms with Crippen molar-refractivity contribution in [1.29, 1.82) is 0 Å². The zero-order valence-corrected chi connectivity index (χ0v) is 27.0. The lowest BCUT2D eigenvalue weighted by Crippen LogP contribution is -2.62. The molecule has 0 saturated carbocycles. The molecule has 6 aliphatic rings. The number of amides is 4. The fourth-order valence-electron chi connectivity index (χ4n) is 7.83. The van der Waals surface area contributed by atoms with E-state index in [9.17, 15) is 19.2 Å². The van der Waals surface area contributed by atoms with E-state index in [1.54, 1.807) is 0 Å². The van der Waals surface area contributed by atoms with Gasteiger partial charge in [0.15, 0.2) is 0 Å². The predicted octanol–water partition coefficient (Wildman–Crippen LogP) is 3.83. The molecule has 2 saturated heterocycles. The van der Waals surface area contributed by atoms with Gasteiger partial charge in [-0.15, -0.1) is 0 Å². The number of para-hydroxylation sites is 2. The predicted molar refractivity (Wildman–Crippen MR) is 190 cm³/mol. The standard InChI is InChI=1S/C40H34N6O4/c47-37-31-18-22-8-6-10-24(16-22)36-28(26-12-2-4-14-30(26)42-36)20-34-40(50)44-32(38(48)46-34)17-21-7-5-9-23(15-21)35-27(19-33(45-37)39(49)43-31)25-11-1-3-13-29(25)41-35/h1-16,31-34,41-42H,17-20H2,(H,43,49)(H,44,50)(H,45,47)(H,46,48). The molecule has 4 aromatic carbocycles. The SMILES string of the molecule is O=C1NC2Cc3c([nH]c4ccccc34)-c3cccc(c3)CC3NC(=O)C(Cc4c([nH]c5ccccc45)-c4cccc(c4)CC1NC2=O)NC3=O. The van der Waals surface area contributed by atoms with E-state index in [1.807, 2.05) is 97.1 Å². The number of piperazine rings is 2. The van der Waals surface area contributed by atoms with Crippen LogP contribution in [0.15, 0.2) is 97.1 Å². The molecule has 12 rings (SSSR count). The van der Waals surface area contributed by atoms with Crippen LogP contribution in [0, 0.1) is 0 Å². The molecule has 4 atom stereocenters. The van der Waals surface area contributed by atoms with Crippen LogP contribution < -0.4 is 21.3 Å². The number of rotatable bonds is 0. The van der Waals surface area contributed by atoms with Gasteiger partial charge >= 0.3 is 0 Å². The van der Waals surface area contributed by atoms with Gasteiger partial charge in [0.2, 0.25) is 23.6 Å². The molecule has 10 nitrogen and oxygen atoms in total. The van der Waals surface area contributed by atoms with E-state index in [0.29, 0.717) is 12.8 Å². The van der Waals surface area contributed by atoms with Crippen LogP contribution >= 0.6 is 0 Å². The fourth-order valence-corrected chi connectivity index (χ4v) is 7.83. The minimum Gasteiger partial charge on any atom is -0.354 e. The molecule has 4 unspecified atom stereocenters. The summed E-state index contributed by atoms with van der Waals surface area (Å²) >= 11 is 0. The van der Waals surface area contributed by atoms with Crippen molar-refractivity contribution in [3.8, 4) is 22.5 Å². The van der Waals surface area contributed by atoms with Crippen LogP contribution in [-0.2, 0) is 44.9 Å². The van der Waals surface area contributed by atoms with Crippen molar-refractivity contribution in [3.05, 3.63) is 119 Å². The highest BCUT2D eigenvalue weighted by molar-refractivity contribution is 6.00. The van der Waals surface area contributed by atoms with Gasteiger partial charge in [-0.3, -0.25) is 19.2 Å². The van der Waals surface area contributed by atoms with Gasteiger partial charge in [0.05, 0.1) is 0 Å². The number of nitrogens with one attached hydrogen (secondary N) is 6. The Balaban J connectivity index is 1.15. The van der Waals surface area contributed by atoms with Gasteiger partial charge in [-0.05, 0) is 57.6 Å². The molecule has 8 heterocycles. The highest BCUT2D eigenvalue weighted by atomic mass is 16.2. The number of H-pyrrole nitrogens is 2. The Bertz CT molecular complexity index is 2210. The number of benzene rings is 4. The summed E-state index contributed by atoms with van der Waals surface area (Å²) in [6.45, 7) is 0. The number of hydrogen-bond donors (Lipinski definition) is 6. The zero-order chi connectivity index (χ0) is 33.9. The maximum absolute atomic E-state index is 13.6. The molecule has 6 N–H and O–H groups in total. The van der Waals surface area contributed by atoms with Crippen LogP contribution in [0.2, 0.25) is 0 Å². The molecule has 0 radical (unpaired) electrons. The number of aromatic nitrogens is 2. The van der Waals surface area contributed by atoms with E-state index in [-0.39, 0.29) is 36.5 Å². The second kappa shape index (κ2) is 11.8. The topological polar surface area (TPSA) is 148 Å². The third kappa shape index (κ3) is 5.20. The van der Waals surface area contributed by atoms with Gasteiger partial charge < -0.3 is 31.2 Å². The molecule has 4 amide bonds. The Labute approximate surface area is 287 Å². The van der Waals surface area contributed by atoms with E-state index in [0.717, 1.165) is 66.6 Å². The quantitative estimate of drug-likeness (QED) is 0.147. The molecule has 8 bridgehead atoms. The van der Waals surface area contributed by atoms with E-state index in [4.69, 9.17) is 0 Å². The Kier molecular flexibility index (Phi) is 7.04. The number of fused-ring (bicyclic) bond motifs is 2. The lowest BCUT2D eigenvalue weighted by molar-refractivity contribution is -0.136. The molecule has 10 heteroatoms. The molecule has 6 aromatic rings. The second-order valence-electron chi connectivity index (χ2n) is 13.5. The average Bonchev–Trinajstić information content (AvgIpc) is 3.67. The molecule has 6 aliphatic heterocycles. The Morgan fingerprint density at radius 2 is 0.800 bits per heavy atom. The van der Waals surface area contributed by atoms with Crippen molar-refractivity contribution in [2.45, 2.75) is 49.9 Å². The first kappa shape index (κ1) is 29.9. The van der Waals surface area contributed by atoms with Crippen LogP contribution in [0.5, 0.6) is 0 Å². The van der Waals surface area contributed by atoms with E-state index >= 15 is 0 Å². The lowest BCUT2D eigenvalue weighted by atomic mass is 9.92. The third-order valence-electron chi connectivity index (χ3n) is 10.3.